The number of hydrogen-bond acceptors (Lipinski definition) is 2. The fraction of sp³-hybridized carbons (Fsp3) is 0.143. The van der Waals surface area contributed by atoms with Gasteiger partial charge < -0.3 is 9.84 Å². The molecule has 1 unspecified atom stereocenters. The average molecular weight is 267 g/mol. The molecule has 2 aromatic rings. The zero-order valence-corrected chi connectivity index (χ0v) is 10.5. The van der Waals surface area contributed by atoms with E-state index in [1.54, 1.807) is 18.2 Å². The predicted molar refractivity (Wildman–Crippen MR) is 68.5 cm³/mol. The smallest absolute Gasteiger partial charge is 0.126 e. The third-order valence-electron chi connectivity index (χ3n) is 2.68. The van der Waals surface area contributed by atoms with Crippen molar-refractivity contribution in [1.29, 1.82) is 0 Å². The minimum absolute atomic E-state index is 0.339. The minimum Gasteiger partial charge on any atom is -0.496 e. The molecule has 0 radical (unpaired) electrons. The minimum atomic E-state index is -0.877. The first-order valence-electron chi connectivity index (χ1n) is 5.39. The Bertz CT molecular complexity index is 540. The summed E-state index contributed by atoms with van der Waals surface area (Å²) in [4.78, 5) is 0. The maximum Gasteiger partial charge on any atom is 0.126 e. The van der Waals surface area contributed by atoms with E-state index in [2.05, 4.69) is 0 Å². The van der Waals surface area contributed by atoms with E-state index in [4.69, 9.17) is 16.3 Å². The first kappa shape index (κ1) is 12.9. The molecule has 0 heterocycles. The van der Waals surface area contributed by atoms with E-state index in [0.717, 1.165) is 0 Å². The number of aliphatic hydroxyl groups excluding tert-OH is 1. The molecule has 0 saturated carbocycles. The molecule has 0 spiro atoms. The maximum atomic E-state index is 12.8. The normalized spacial score (nSPS) is 12.2. The Morgan fingerprint density at radius 1 is 1.17 bits per heavy atom. The lowest BCUT2D eigenvalue weighted by Gasteiger charge is -2.15. The van der Waals surface area contributed by atoms with Crippen molar-refractivity contribution in [3.05, 3.63) is 64.4 Å². The molecule has 0 aliphatic rings. The molecular weight excluding hydrogens is 255 g/mol. The lowest BCUT2D eigenvalue weighted by atomic mass is 10.0. The SMILES string of the molecule is COc1cc(Cl)ccc1C(O)c1ccc(F)cc1. The van der Waals surface area contributed by atoms with Gasteiger partial charge in [-0.05, 0) is 29.8 Å². The van der Waals surface area contributed by atoms with Gasteiger partial charge in [-0.3, -0.25) is 0 Å². The van der Waals surface area contributed by atoms with E-state index < -0.39 is 6.10 Å². The Morgan fingerprint density at radius 3 is 2.44 bits per heavy atom. The van der Waals surface area contributed by atoms with Crippen molar-refractivity contribution in [2.45, 2.75) is 6.10 Å². The Morgan fingerprint density at radius 2 is 1.83 bits per heavy atom. The lowest BCUT2D eigenvalue weighted by molar-refractivity contribution is 0.214. The molecule has 2 nitrogen and oxygen atoms in total. The van der Waals surface area contributed by atoms with Crippen LogP contribution in [0, 0.1) is 5.82 Å². The van der Waals surface area contributed by atoms with Gasteiger partial charge in [0.15, 0.2) is 0 Å². The van der Waals surface area contributed by atoms with Crippen molar-refractivity contribution < 1.29 is 14.2 Å². The Labute approximate surface area is 110 Å². The molecule has 18 heavy (non-hydrogen) atoms. The van der Waals surface area contributed by atoms with Gasteiger partial charge in [0, 0.05) is 10.6 Å². The van der Waals surface area contributed by atoms with Crippen molar-refractivity contribution >= 4 is 11.6 Å². The van der Waals surface area contributed by atoms with E-state index in [1.165, 1.54) is 31.4 Å². The van der Waals surface area contributed by atoms with Crippen molar-refractivity contribution in [2.24, 2.45) is 0 Å². The van der Waals surface area contributed by atoms with Gasteiger partial charge in [0.2, 0.25) is 0 Å². The quantitative estimate of drug-likeness (QED) is 0.920. The monoisotopic (exact) mass is 266 g/mol. The predicted octanol–water partition coefficient (Wildman–Crippen LogP) is 3.57. The third-order valence-corrected chi connectivity index (χ3v) is 2.91. The summed E-state index contributed by atoms with van der Waals surface area (Å²) in [6.07, 6.45) is -0.877. The van der Waals surface area contributed by atoms with Crippen LogP contribution in [-0.4, -0.2) is 12.2 Å². The number of benzene rings is 2. The summed E-state index contributed by atoms with van der Waals surface area (Å²) in [7, 11) is 1.51. The van der Waals surface area contributed by atoms with Gasteiger partial charge in [0.1, 0.15) is 17.7 Å². The molecule has 94 valence electrons. The van der Waals surface area contributed by atoms with E-state index >= 15 is 0 Å². The van der Waals surface area contributed by atoms with Gasteiger partial charge in [0.05, 0.1) is 7.11 Å². The summed E-state index contributed by atoms with van der Waals surface area (Å²) in [5.41, 5.74) is 1.19. The number of rotatable bonds is 3. The van der Waals surface area contributed by atoms with Gasteiger partial charge in [-0.15, -0.1) is 0 Å². The molecule has 4 heteroatoms. The van der Waals surface area contributed by atoms with Crippen molar-refractivity contribution in [2.75, 3.05) is 7.11 Å². The van der Waals surface area contributed by atoms with Crippen molar-refractivity contribution in [3.63, 3.8) is 0 Å². The van der Waals surface area contributed by atoms with Gasteiger partial charge >= 0.3 is 0 Å². The highest BCUT2D eigenvalue weighted by Gasteiger charge is 2.15. The van der Waals surface area contributed by atoms with E-state index in [9.17, 15) is 9.50 Å². The van der Waals surface area contributed by atoms with E-state index in [0.29, 0.717) is 21.9 Å². The second kappa shape index (κ2) is 5.38. The number of aliphatic hydroxyl groups is 1. The Kier molecular flexibility index (Phi) is 3.84. The van der Waals surface area contributed by atoms with Crippen LogP contribution in [0.15, 0.2) is 42.5 Å². The second-order valence-corrected chi connectivity index (χ2v) is 4.28. The van der Waals surface area contributed by atoms with E-state index in [-0.39, 0.29) is 5.82 Å². The third kappa shape index (κ3) is 2.63. The van der Waals surface area contributed by atoms with Crippen LogP contribution >= 0.6 is 11.6 Å². The molecule has 0 saturated heterocycles. The van der Waals surface area contributed by atoms with Crippen LogP contribution in [0.1, 0.15) is 17.2 Å². The fourth-order valence-electron chi connectivity index (χ4n) is 1.74. The summed E-state index contributed by atoms with van der Waals surface area (Å²) in [6.45, 7) is 0. The summed E-state index contributed by atoms with van der Waals surface area (Å²) in [6, 6.07) is 10.7. The zero-order valence-electron chi connectivity index (χ0n) is 9.73. The molecule has 2 aromatic carbocycles. The molecule has 0 aliphatic carbocycles. The summed E-state index contributed by atoms with van der Waals surface area (Å²) >= 11 is 5.86. The van der Waals surface area contributed by atoms with Crippen LogP contribution in [0.4, 0.5) is 4.39 Å². The molecule has 2 rings (SSSR count). The van der Waals surface area contributed by atoms with Crippen LogP contribution in [0.25, 0.3) is 0 Å². The molecule has 0 fully saturated rings. The largest absolute Gasteiger partial charge is 0.496 e. The first-order chi connectivity index (χ1) is 8.61. The van der Waals surface area contributed by atoms with Gasteiger partial charge in [-0.25, -0.2) is 4.39 Å². The summed E-state index contributed by atoms with van der Waals surface area (Å²) in [5, 5.41) is 10.8. The Hall–Kier alpha value is -1.58. The fourth-order valence-corrected chi connectivity index (χ4v) is 1.90. The van der Waals surface area contributed by atoms with Crippen LogP contribution in [0.2, 0.25) is 5.02 Å². The molecule has 1 N–H and O–H groups in total. The van der Waals surface area contributed by atoms with Gasteiger partial charge in [0.25, 0.3) is 0 Å². The molecule has 0 bridgehead atoms. The first-order valence-corrected chi connectivity index (χ1v) is 5.76. The van der Waals surface area contributed by atoms with Gasteiger partial charge in [-0.2, -0.15) is 0 Å². The molecule has 1 atom stereocenters. The van der Waals surface area contributed by atoms with Crippen LogP contribution in [0.3, 0.4) is 0 Å². The van der Waals surface area contributed by atoms with Crippen LogP contribution in [0.5, 0.6) is 5.75 Å². The van der Waals surface area contributed by atoms with Gasteiger partial charge in [-0.1, -0.05) is 29.8 Å². The Balaban J connectivity index is 2.39. The summed E-state index contributed by atoms with van der Waals surface area (Å²) in [5.74, 6) is 0.161. The lowest BCUT2D eigenvalue weighted by Crippen LogP contribution is -2.02. The molecule has 0 amide bonds. The molecular formula is C14H12ClFO2. The summed E-state index contributed by atoms with van der Waals surface area (Å²) < 4.78 is 18.0. The standard InChI is InChI=1S/C14H12ClFO2/c1-18-13-8-10(15)4-7-12(13)14(17)9-2-5-11(16)6-3-9/h2-8,14,17H,1H3. The number of hydrogen-bond donors (Lipinski definition) is 1. The van der Waals surface area contributed by atoms with E-state index in [1.807, 2.05) is 0 Å². The zero-order chi connectivity index (χ0) is 13.1. The second-order valence-electron chi connectivity index (χ2n) is 3.84. The number of ether oxygens (including phenoxy) is 1. The van der Waals surface area contributed by atoms with Crippen LogP contribution in [-0.2, 0) is 0 Å². The molecule has 0 aliphatic heterocycles. The highest BCUT2D eigenvalue weighted by Crippen LogP contribution is 2.32. The topological polar surface area (TPSA) is 29.5 Å². The molecule has 0 aromatic heterocycles. The average Bonchev–Trinajstić information content (AvgIpc) is 2.38. The maximum absolute atomic E-state index is 12.8. The highest BCUT2D eigenvalue weighted by atomic mass is 35.5. The highest BCUT2D eigenvalue weighted by molar-refractivity contribution is 6.30. The van der Waals surface area contributed by atoms with Crippen LogP contribution < -0.4 is 4.74 Å². The van der Waals surface area contributed by atoms with Crippen molar-refractivity contribution in [3.8, 4) is 5.75 Å². The van der Waals surface area contributed by atoms with Crippen molar-refractivity contribution in [1.82, 2.24) is 0 Å². The number of methoxy groups -OCH3 is 1. The number of halogens is 2.